The van der Waals surface area contributed by atoms with Gasteiger partial charge in [-0.3, -0.25) is 4.57 Å². The number of carbonyl (C=O) groups is 1. The number of ether oxygens (including phenoxy) is 2. The number of hydrogen-bond acceptors (Lipinski definition) is 7. The second kappa shape index (κ2) is 15.2. The third kappa shape index (κ3) is 8.72. The number of imidazole rings is 1. The number of benzene rings is 3. The standard InChI is InChI=1S/C31H32F3N4O2S.CH2O2/c1-36(24-13-14-28(39-5)29(18-24)40-6)30-19-35-31(37(30)23-11-9-22(32)10-12-23)41-20-25-26(33)16-21(17-27(25)34)8-7-15-38(2,3)4;2-1-3/h9-14,16-19H,15,20H2,1-6H3;1H,(H,2,3)/q+1;/p-1. The first kappa shape index (κ1) is 33.9. The van der Waals surface area contributed by atoms with Gasteiger partial charge in [0, 0.05) is 47.8 Å². The van der Waals surface area contributed by atoms with Gasteiger partial charge in [-0.2, -0.15) is 0 Å². The highest BCUT2D eigenvalue weighted by Crippen LogP contribution is 2.37. The maximum atomic E-state index is 15.0. The third-order valence-electron chi connectivity index (χ3n) is 6.17. The number of carbonyl (C=O) groups excluding carboxylic acids is 1. The molecule has 0 aliphatic carbocycles. The van der Waals surface area contributed by atoms with Crippen molar-refractivity contribution in [1.82, 2.24) is 9.55 Å². The molecule has 0 amide bonds. The second-order valence-corrected chi connectivity index (χ2v) is 11.3. The Morgan fingerprint density at radius 3 is 2.18 bits per heavy atom. The van der Waals surface area contributed by atoms with E-state index in [-0.39, 0.29) is 22.7 Å². The number of halogens is 3. The van der Waals surface area contributed by atoms with Crippen molar-refractivity contribution >= 4 is 29.7 Å². The first-order valence-electron chi connectivity index (χ1n) is 13.2. The van der Waals surface area contributed by atoms with Gasteiger partial charge in [0.2, 0.25) is 0 Å². The van der Waals surface area contributed by atoms with Crippen LogP contribution in [0.5, 0.6) is 11.5 Å². The number of rotatable bonds is 9. The molecule has 1 heterocycles. The minimum absolute atomic E-state index is 0.0119. The van der Waals surface area contributed by atoms with Gasteiger partial charge >= 0.3 is 0 Å². The van der Waals surface area contributed by atoms with Crippen LogP contribution >= 0.6 is 11.8 Å². The fraction of sp³-hybridized carbons (Fsp3) is 0.250. The molecule has 8 nitrogen and oxygen atoms in total. The second-order valence-electron chi connectivity index (χ2n) is 10.4. The molecule has 0 radical (unpaired) electrons. The van der Waals surface area contributed by atoms with Gasteiger partial charge < -0.3 is 28.8 Å². The van der Waals surface area contributed by atoms with Gasteiger partial charge in [-0.15, -0.1) is 0 Å². The van der Waals surface area contributed by atoms with Gasteiger partial charge in [0.15, 0.2) is 16.7 Å². The van der Waals surface area contributed by atoms with Crippen LogP contribution in [0.1, 0.15) is 11.1 Å². The number of hydrogen-bond donors (Lipinski definition) is 0. The zero-order valence-electron chi connectivity index (χ0n) is 25.2. The van der Waals surface area contributed by atoms with Crippen molar-refractivity contribution in [3.8, 4) is 29.0 Å². The Kier molecular flexibility index (Phi) is 11.7. The minimum atomic E-state index is -0.672. The number of thioether (sulfide) groups is 1. The maximum absolute atomic E-state index is 15.0. The van der Waals surface area contributed by atoms with Crippen LogP contribution in [-0.4, -0.2) is 69.5 Å². The van der Waals surface area contributed by atoms with E-state index in [9.17, 15) is 4.39 Å². The van der Waals surface area contributed by atoms with Crippen LogP contribution in [0.25, 0.3) is 5.69 Å². The average Bonchev–Trinajstić information content (AvgIpc) is 3.40. The summed E-state index contributed by atoms with van der Waals surface area (Å²) in [6.07, 6.45) is 1.65. The smallest absolute Gasteiger partial charge is 0.174 e. The zero-order valence-corrected chi connectivity index (χ0v) is 26.0. The highest BCUT2D eigenvalue weighted by atomic mass is 32.2. The number of methoxy groups -OCH3 is 2. The van der Waals surface area contributed by atoms with E-state index in [1.807, 2.05) is 45.2 Å². The Bertz CT molecular complexity index is 1620. The molecule has 3 aromatic carbocycles. The zero-order chi connectivity index (χ0) is 32.4. The number of quaternary nitrogens is 1. The first-order chi connectivity index (χ1) is 20.9. The molecule has 0 aliphatic rings. The molecular formula is C32H33F3N4O4S. The number of anilines is 2. The summed E-state index contributed by atoms with van der Waals surface area (Å²) in [5.74, 6) is 5.86. The van der Waals surface area contributed by atoms with Crippen molar-refractivity contribution in [3.05, 3.63) is 89.4 Å². The summed E-state index contributed by atoms with van der Waals surface area (Å²) in [6.45, 7) is 0.0486. The van der Waals surface area contributed by atoms with E-state index in [0.29, 0.717) is 39.2 Å². The molecule has 1 aromatic heterocycles. The molecule has 44 heavy (non-hydrogen) atoms. The molecule has 0 saturated heterocycles. The number of nitrogens with zero attached hydrogens (tertiary/aromatic N) is 4. The molecule has 0 atom stereocenters. The molecule has 4 aromatic rings. The molecule has 0 spiro atoms. The SMILES string of the molecule is COc1ccc(N(C)c2cnc(SCc3c(F)cc(C#CC[N+](C)(C)C)cc3F)n2-c2ccc(F)cc2)cc1OC.O=C[O-]. The summed E-state index contributed by atoms with van der Waals surface area (Å²) in [5, 5.41) is 8.73. The molecule has 0 bridgehead atoms. The van der Waals surface area contributed by atoms with Gasteiger partial charge in [-0.1, -0.05) is 17.7 Å². The van der Waals surface area contributed by atoms with E-state index in [4.69, 9.17) is 19.4 Å². The topological polar surface area (TPSA) is 79.6 Å². The molecule has 0 fully saturated rings. The monoisotopic (exact) mass is 626 g/mol. The minimum Gasteiger partial charge on any atom is -0.554 e. The quantitative estimate of drug-likeness (QED) is 0.114. The van der Waals surface area contributed by atoms with Crippen molar-refractivity contribution < 1.29 is 37.0 Å². The van der Waals surface area contributed by atoms with E-state index in [2.05, 4.69) is 16.8 Å². The lowest BCUT2D eigenvalue weighted by Crippen LogP contribution is -2.34. The van der Waals surface area contributed by atoms with Crippen LogP contribution in [0.4, 0.5) is 24.7 Å². The first-order valence-corrected chi connectivity index (χ1v) is 14.2. The Morgan fingerprint density at radius 2 is 1.61 bits per heavy atom. The molecule has 232 valence electrons. The van der Waals surface area contributed by atoms with Crippen LogP contribution in [0, 0.1) is 29.3 Å². The van der Waals surface area contributed by atoms with Crippen molar-refractivity contribution in [3.63, 3.8) is 0 Å². The Hall–Kier alpha value is -4.60. The molecule has 0 saturated carbocycles. The fourth-order valence-corrected chi connectivity index (χ4v) is 5.00. The lowest BCUT2D eigenvalue weighted by atomic mass is 10.1. The Balaban J connectivity index is 0.00000169. The van der Waals surface area contributed by atoms with Crippen LogP contribution in [0.15, 0.2) is 66.0 Å². The largest absolute Gasteiger partial charge is 0.554 e. The average molecular weight is 627 g/mol. The van der Waals surface area contributed by atoms with Crippen molar-refractivity contribution in [2.45, 2.75) is 10.9 Å². The summed E-state index contributed by atoms with van der Waals surface area (Å²) >= 11 is 1.17. The summed E-state index contributed by atoms with van der Waals surface area (Å²) < 4.78 is 57.0. The third-order valence-corrected chi connectivity index (χ3v) is 7.15. The lowest BCUT2D eigenvalue weighted by Gasteiger charge is -2.23. The van der Waals surface area contributed by atoms with E-state index in [1.165, 1.54) is 36.0 Å². The highest BCUT2D eigenvalue weighted by molar-refractivity contribution is 7.98. The maximum Gasteiger partial charge on any atom is 0.174 e. The fourth-order valence-electron chi connectivity index (χ4n) is 3.99. The highest BCUT2D eigenvalue weighted by Gasteiger charge is 2.20. The summed E-state index contributed by atoms with van der Waals surface area (Å²) in [6, 6.07) is 13.9. The summed E-state index contributed by atoms with van der Waals surface area (Å²) in [4.78, 5) is 14.7. The van der Waals surface area contributed by atoms with E-state index in [0.717, 1.165) is 5.69 Å². The van der Waals surface area contributed by atoms with Crippen LogP contribution < -0.4 is 19.5 Å². The number of aromatic nitrogens is 2. The molecule has 0 aliphatic heterocycles. The molecular weight excluding hydrogens is 593 g/mol. The lowest BCUT2D eigenvalue weighted by molar-refractivity contribution is -0.862. The van der Waals surface area contributed by atoms with Gasteiger partial charge in [0.05, 0.1) is 41.6 Å². The molecule has 12 heteroatoms. The van der Waals surface area contributed by atoms with Gasteiger partial charge in [-0.25, -0.2) is 18.2 Å². The van der Waals surface area contributed by atoms with E-state index in [1.54, 1.807) is 43.2 Å². The van der Waals surface area contributed by atoms with Crippen LogP contribution in [0.3, 0.4) is 0 Å². The normalized spacial score (nSPS) is 10.7. The predicted octanol–water partition coefficient (Wildman–Crippen LogP) is 4.79. The van der Waals surface area contributed by atoms with Gasteiger partial charge in [0.25, 0.3) is 0 Å². The molecule has 4 rings (SSSR count). The van der Waals surface area contributed by atoms with Gasteiger partial charge in [0.1, 0.15) is 29.8 Å². The summed E-state index contributed by atoms with van der Waals surface area (Å²) in [5.41, 5.74) is 1.63. The van der Waals surface area contributed by atoms with Crippen LogP contribution in [-0.2, 0) is 10.5 Å². The van der Waals surface area contributed by atoms with E-state index >= 15 is 8.78 Å². The van der Waals surface area contributed by atoms with Crippen molar-refractivity contribution in [2.24, 2.45) is 0 Å². The van der Waals surface area contributed by atoms with Crippen molar-refractivity contribution in [1.29, 1.82) is 0 Å². The predicted molar refractivity (Wildman–Crippen MR) is 163 cm³/mol. The Labute approximate surface area is 259 Å². The van der Waals surface area contributed by atoms with Crippen molar-refractivity contribution in [2.75, 3.05) is 53.9 Å². The van der Waals surface area contributed by atoms with E-state index < -0.39 is 18.1 Å². The van der Waals surface area contributed by atoms with Crippen LogP contribution in [0.2, 0.25) is 0 Å². The Morgan fingerprint density at radius 1 is 1.00 bits per heavy atom. The molecule has 0 unspecified atom stereocenters. The number of carboxylic acid groups (broad SMARTS) is 1. The molecule has 0 N–H and O–H groups in total. The van der Waals surface area contributed by atoms with Gasteiger partial charge in [-0.05, 0) is 54.5 Å². The summed E-state index contributed by atoms with van der Waals surface area (Å²) in [7, 11) is 10.9.